The molecule has 0 bridgehead atoms. The number of carbonyl (C=O) groups is 3. The van der Waals surface area contributed by atoms with Crippen LogP contribution in [0.25, 0.3) is 0 Å². The molecule has 5 atom stereocenters. The molecule has 4 N–H and O–H groups in total. The molecule has 0 spiro atoms. The predicted molar refractivity (Wildman–Crippen MR) is 481 cm³/mol. The Bertz CT molecular complexity index is 2820. The molecule has 5 unspecified atom stereocenters. The van der Waals surface area contributed by atoms with Crippen LogP contribution in [-0.2, 0) is 55.8 Å². The van der Waals surface area contributed by atoms with E-state index in [0.29, 0.717) is 19.3 Å². The lowest BCUT2D eigenvalue weighted by Crippen LogP contribution is -2.30. The molecule has 115 heavy (non-hydrogen) atoms. The zero-order chi connectivity index (χ0) is 83.6. The van der Waals surface area contributed by atoms with Gasteiger partial charge in [-0.2, -0.15) is 0 Å². The zero-order valence-electron chi connectivity index (χ0n) is 72.1. The van der Waals surface area contributed by atoms with Crippen LogP contribution in [0.5, 0.6) is 0 Å². The van der Waals surface area contributed by atoms with Gasteiger partial charge in [-0.25, -0.2) is 9.13 Å². The summed E-state index contributed by atoms with van der Waals surface area (Å²) in [5.41, 5.74) is 0. The lowest BCUT2D eigenvalue weighted by Gasteiger charge is -2.21. The molecule has 0 aromatic rings. The number of allylic oxidation sites excluding steroid dienone is 30. The van der Waals surface area contributed by atoms with E-state index < -0.39 is 91.5 Å². The Morgan fingerprint density at radius 2 is 0.461 bits per heavy atom. The minimum atomic E-state index is -4.95. The van der Waals surface area contributed by atoms with Crippen molar-refractivity contribution in [3.63, 3.8) is 0 Å². The van der Waals surface area contributed by atoms with E-state index in [-0.39, 0.29) is 19.3 Å². The molecule has 656 valence electrons. The standard InChI is InChI=1S/C97H162O16P2/c1-4-7-10-13-16-19-22-25-28-31-34-37-39-41-43-44-45-46-48-50-51-54-56-59-62-65-68-71-74-77-80-83-95(100)107-86-92(98)87-109-114(103,104)110-88-93(99)89-111-115(105,106)112-91-94(113-97(102)85-82-79-76-73-70-67-64-61-58-53-36-33-30-27-24-21-18-15-12-9-6-3)90-108-96(101)84-81-78-75-72-69-66-63-60-57-55-52-49-47-42-40-38-35-32-29-26-23-20-17-14-11-8-5-2/h7-8,10-11,16-21,25-30,34-38,41-43,45-47,53,61,64,92-94,98-99H,4-6,9,12-15,22-24,31-33,39-40,44,48-52,54-60,62-63,65-91H2,1-3H3,(H,103,104)(H,105,106)/b10-7-,11-8-,19-16-,20-17-,21-18-,28-25-,29-26-,30-27-,37-34-,38-35-,43-41-,46-45-,47-42-,53-36-,64-61-. The summed E-state index contributed by atoms with van der Waals surface area (Å²) >= 11 is 0. The van der Waals surface area contributed by atoms with Crippen molar-refractivity contribution >= 4 is 33.6 Å². The average molecular weight is 1650 g/mol. The predicted octanol–water partition coefficient (Wildman–Crippen LogP) is 27.7. The highest BCUT2D eigenvalue weighted by atomic mass is 31.2. The van der Waals surface area contributed by atoms with Gasteiger partial charge >= 0.3 is 33.6 Å². The summed E-state index contributed by atoms with van der Waals surface area (Å²) in [6.07, 6.45) is 115. The smallest absolute Gasteiger partial charge is 0.463 e. The number of ether oxygens (including phenoxy) is 3. The van der Waals surface area contributed by atoms with Crippen molar-refractivity contribution in [1.29, 1.82) is 0 Å². The number of esters is 3. The third kappa shape index (κ3) is 89.3. The number of phosphoric acid groups is 2. The third-order valence-corrected chi connectivity index (χ3v) is 20.5. The normalized spacial score (nSPS) is 14.7. The number of hydrogen-bond donors (Lipinski definition) is 4. The second kappa shape index (κ2) is 87.9. The molecule has 0 radical (unpaired) electrons. The van der Waals surface area contributed by atoms with Crippen molar-refractivity contribution in [2.75, 3.05) is 39.6 Å². The molecule has 0 fully saturated rings. The molecule has 0 aromatic carbocycles. The van der Waals surface area contributed by atoms with Crippen molar-refractivity contribution in [2.45, 2.75) is 373 Å². The van der Waals surface area contributed by atoms with Gasteiger partial charge in [-0.3, -0.25) is 32.5 Å². The van der Waals surface area contributed by atoms with Crippen LogP contribution in [0.15, 0.2) is 182 Å². The SMILES string of the molecule is CC/C=C\C/C=C\C/C=C\C/C=C\C/C=C\C/C=C\CCCCCCCCCCCCCCC(=O)OCC(O)COP(=O)(O)OCC(O)COP(=O)(O)OCC(COC(=O)CCCCCCCCCCCCC/C=C\C/C=C\C/C=C\C/C=C\C/C=C\CC)OC(=O)CCCCCCC/C=C\C/C=C\C/C=C\C/C=C\CCCCC. The Kier molecular flexibility index (Phi) is 83.9. The minimum Gasteiger partial charge on any atom is -0.463 e. The monoisotopic (exact) mass is 1650 g/mol. The summed E-state index contributed by atoms with van der Waals surface area (Å²) in [5.74, 6) is -1.60. The summed E-state index contributed by atoms with van der Waals surface area (Å²) in [6.45, 7) is 2.42. The maximum Gasteiger partial charge on any atom is 0.472 e. The number of carbonyl (C=O) groups excluding carboxylic acids is 3. The van der Waals surface area contributed by atoms with E-state index in [0.717, 1.165) is 186 Å². The van der Waals surface area contributed by atoms with Crippen LogP contribution in [0.2, 0.25) is 0 Å². The fourth-order valence-electron chi connectivity index (χ4n) is 11.8. The van der Waals surface area contributed by atoms with E-state index in [2.05, 4.69) is 203 Å². The van der Waals surface area contributed by atoms with Crippen LogP contribution in [-0.4, -0.2) is 95.9 Å². The second-order valence-corrected chi connectivity index (χ2v) is 32.5. The molecule has 0 heterocycles. The molecule has 0 amide bonds. The van der Waals surface area contributed by atoms with Crippen LogP contribution in [0, 0.1) is 0 Å². The maximum atomic E-state index is 13.1. The quantitative estimate of drug-likeness (QED) is 0.0146. The molecule has 0 aliphatic carbocycles. The van der Waals surface area contributed by atoms with Crippen molar-refractivity contribution in [3.05, 3.63) is 182 Å². The van der Waals surface area contributed by atoms with Gasteiger partial charge < -0.3 is 34.2 Å². The van der Waals surface area contributed by atoms with Crippen LogP contribution in [0.3, 0.4) is 0 Å². The van der Waals surface area contributed by atoms with Gasteiger partial charge in [0, 0.05) is 19.3 Å². The highest BCUT2D eigenvalue weighted by Crippen LogP contribution is 2.45. The number of hydrogen-bond acceptors (Lipinski definition) is 14. The summed E-state index contributed by atoms with van der Waals surface area (Å²) < 4.78 is 61.4. The van der Waals surface area contributed by atoms with E-state index in [9.17, 15) is 43.5 Å². The lowest BCUT2D eigenvalue weighted by atomic mass is 10.0. The second-order valence-electron chi connectivity index (χ2n) is 29.6. The van der Waals surface area contributed by atoms with Crippen LogP contribution in [0.4, 0.5) is 0 Å². The Balaban J connectivity index is 4.63. The van der Waals surface area contributed by atoms with Crippen LogP contribution in [0.1, 0.15) is 355 Å². The Morgan fingerprint density at radius 3 is 0.730 bits per heavy atom. The molecule has 0 saturated heterocycles. The van der Waals surface area contributed by atoms with Crippen molar-refractivity contribution in [1.82, 2.24) is 0 Å². The molecule has 16 nitrogen and oxygen atoms in total. The largest absolute Gasteiger partial charge is 0.472 e. The van der Waals surface area contributed by atoms with Crippen molar-refractivity contribution in [2.24, 2.45) is 0 Å². The number of rotatable bonds is 84. The van der Waals surface area contributed by atoms with Crippen LogP contribution < -0.4 is 0 Å². The van der Waals surface area contributed by atoms with Gasteiger partial charge in [0.15, 0.2) is 6.10 Å². The van der Waals surface area contributed by atoms with Gasteiger partial charge in [0.2, 0.25) is 0 Å². The summed E-state index contributed by atoms with van der Waals surface area (Å²) in [6, 6.07) is 0. The Morgan fingerprint density at radius 1 is 0.252 bits per heavy atom. The molecule has 0 saturated carbocycles. The van der Waals surface area contributed by atoms with Gasteiger partial charge in [0.1, 0.15) is 25.4 Å². The number of phosphoric ester groups is 2. The highest BCUT2D eigenvalue weighted by molar-refractivity contribution is 7.47. The molecule has 0 rings (SSSR count). The van der Waals surface area contributed by atoms with E-state index in [1.54, 1.807) is 0 Å². The first-order valence-electron chi connectivity index (χ1n) is 45.1. The topological polar surface area (TPSA) is 231 Å². The highest BCUT2D eigenvalue weighted by Gasteiger charge is 2.29. The van der Waals surface area contributed by atoms with E-state index >= 15 is 0 Å². The van der Waals surface area contributed by atoms with Gasteiger partial charge in [0.05, 0.1) is 26.4 Å². The molecule has 0 aliphatic heterocycles. The number of aliphatic hydroxyl groups excluding tert-OH is 2. The third-order valence-electron chi connectivity index (χ3n) is 18.6. The first kappa shape index (κ1) is 110. The molecular formula is C97H162O16P2. The number of unbranched alkanes of at least 4 members (excludes halogenated alkanes) is 31. The Labute approximate surface area is 700 Å². The van der Waals surface area contributed by atoms with Gasteiger partial charge in [0.25, 0.3) is 0 Å². The molecule has 0 aromatic heterocycles. The maximum absolute atomic E-state index is 13.1. The first-order valence-corrected chi connectivity index (χ1v) is 48.1. The zero-order valence-corrected chi connectivity index (χ0v) is 73.9. The van der Waals surface area contributed by atoms with Gasteiger partial charge in [-0.1, -0.05) is 357 Å². The van der Waals surface area contributed by atoms with E-state index in [1.807, 2.05) is 0 Å². The van der Waals surface area contributed by atoms with E-state index in [1.165, 1.54) is 109 Å². The van der Waals surface area contributed by atoms with Crippen LogP contribution >= 0.6 is 15.6 Å². The van der Waals surface area contributed by atoms with Gasteiger partial charge in [-0.05, 0) is 161 Å². The Hall–Kier alpha value is -5.35. The fourth-order valence-corrected chi connectivity index (χ4v) is 13.4. The summed E-state index contributed by atoms with van der Waals surface area (Å²) in [4.78, 5) is 59.0. The molecule has 18 heteroatoms. The molecule has 0 aliphatic rings. The lowest BCUT2D eigenvalue weighted by molar-refractivity contribution is -0.161. The molecular weight excluding hydrogens is 1480 g/mol. The fraction of sp³-hybridized carbons (Fsp3) is 0.660. The summed E-state index contributed by atoms with van der Waals surface area (Å²) in [7, 11) is -9.82. The van der Waals surface area contributed by atoms with Gasteiger partial charge in [-0.15, -0.1) is 0 Å². The average Bonchev–Trinajstić information content (AvgIpc) is 0.902. The van der Waals surface area contributed by atoms with E-state index in [4.69, 9.17) is 32.3 Å². The first-order chi connectivity index (χ1) is 56.2. The summed E-state index contributed by atoms with van der Waals surface area (Å²) in [5, 5.41) is 20.7. The van der Waals surface area contributed by atoms with Crippen molar-refractivity contribution < 1.29 is 75.8 Å². The number of aliphatic hydroxyl groups is 2. The van der Waals surface area contributed by atoms with Crippen molar-refractivity contribution in [3.8, 4) is 0 Å². The minimum absolute atomic E-state index is 0.0780.